The van der Waals surface area contributed by atoms with E-state index in [1.54, 1.807) is 24.5 Å². The summed E-state index contributed by atoms with van der Waals surface area (Å²) in [5, 5.41) is 11.3. The molecule has 0 radical (unpaired) electrons. The number of pyridine rings is 1. The van der Waals surface area contributed by atoms with Crippen LogP contribution < -0.4 is 9.47 Å². The minimum absolute atomic E-state index is 0.0315. The third-order valence-corrected chi connectivity index (χ3v) is 5.03. The van der Waals surface area contributed by atoms with Gasteiger partial charge in [-0.3, -0.25) is 14.6 Å². The second kappa shape index (κ2) is 8.53. The summed E-state index contributed by atoms with van der Waals surface area (Å²) in [5.74, 6) is -1.18. The fraction of sp³-hybridized carbons (Fsp3) is 0.286. The third kappa shape index (κ3) is 3.65. The van der Waals surface area contributed by atoms with Crippen molar-refractivity contribution in [1.29, 1.82) is 0 Å². The van der Waals surface area contributed by atoms with E-state index in [4.69, 9.17) is 21.1 Å². The van der Waals surface area contributed by atoms with Gasteiger partial charge < -0.3 is 19.5 Å². The van der Waals surface area contributed by atoms with E-state index in [9.17, 15) is 14.7 Å². The predicted octanol–water partition coefficient (Wildman–Crippen LogP) is 3.58. The number of aliphatic hydroxyl groups is 1. The molecule has 152 valence electrons. The smallest absolute Gasteiger partial charge is 0.295 e. The first-order chi connectivity index (χ1) is 13.9. The Kier molecular flexibility index (Phi) is 6.08. The van der Waals surface area contributed by atoms with Gasteiger partial charge in [0.25, 0.3) is 11.7 Å². The van der Waals surface area contributed by atoms with Crippen LogP contribution in [0.4, 0.5) is 0 Å². The van der Waals surface area contributed by atoms with Crippen molar-refractivity contribution in [2.45, 2.75) is 19.4 Å². The van der Waals surface area contributed by atoms with Crippen LogP contribution in [0.25, 0.3) is 5.76 Å². The molecule has 1 aromatic heterocycles. The molecule has 1 aliphatic heterocycles. The maximum Gasteiger partial charge on any atom is 0.295 e. The van der Waals surface area contributed by atoms with Crippen molar-refractivity contribution < 1.29 is 24.2 Å². The van der Waals surface area contributed by atoms with Crippen molar-refractivity contribution in [3.63, 3.8) is 0 Å². The number of carbonyl (C=O) groups is 2. The monoisotopic (exact) mass is 416 g/mol. The lowest BCUT2D eigenvalue weighted by Crippen LogP contribution is -2.30. The summed E-state index contributed by atoms with van der Waals surface area (Å²) in [6, 6.07) is 5.68. The standard InChI is InChI=1S/C21H21ClN2O5/c1-4-8-24-18(12-6-5-7-23-11-12)17(20(26)21(24)27)19(25)13-9-14(22)16(29-3)10-15(13)28-2/h5-7,9-11,18,25H,4,8H2,1-3H3/b19-17+. The topological polar surface area (TPSA) is 89.0 Å². The van der Waals surface area contributed by atoms with E-state index in [1.165, 1.54) is 31.3 Å². The Morgan fingerprint density at radius 3 is 2.55 bits per heavy atom. The van der Waals surface area contributed by atoms with Gasteiger partial charge in [-0.15, -0.1) is 0 Å². The number of hydrogen-bond donors (Lipinski definition) is 1. The molecule has 1 fully saturated rings. The van der Waals surface area contributed by atoms with Crippen molar-refractivity contribution in [3.8, 4) is 11.5 Å². The second-order valence-electron chi connectivity index (χ2n) is 6.47. The number of aliphatic hydroxyl groups excluding tert-OH is 1. The SMILES string of the molecule is CCCN1C(=O)C(=O)/C(=C(/O)c2cc(Cl)c(OC)cc2OC)C1c1cccnc1. The van der Waals surface area contributed by atoms with Gasteiger partial charge in [0.05, 0.1) is 36.4 Å². The van der Waals surface area contributed by atoms with E-state index in [0.29, 0.717) is 24.3 Å². The summed E-state index contributed by atoms with van der Waals surface area (Å²) in [5.41, 5.74) is 0.790. The molecular weight excluding hydrogens is 396 g/mol. The summed E-state index contributed by atoms with van der Waals surface area (Å²) in [7, 11) is 2.88. The molecular formula is C21H21ClN2O5. The van der Waals surface area contributed by atoms with E-state index in [-0.39, 0.29) is 27.7 Å². The van der Waals surface area contributed by atoms with Crippen LogP contribution in [0.5, 0.6) is 11.5 Å². The number of hydrogen-bond acceptors (Lipinski definition) is 6. The van der Waals surface area contributed by atoms with Crippen molar-refractivity contribution in [1.82, 2.24) is 9.88 Å². The lowest BCUT2D eigenvalue weighted by Gasteiger charge is -2.24. The molecule has 1 atom stereocenters. The van der Waals surface area contributed by atoms with Gasteiger partial charge in [0.2, 0.25) is 0 Å². The highest BCUT2D eigenvalue weighted by atomic mass is 35.5. The van der Waals surface area contributed by atoms with E-state index in [2.05, 4.69) is 4.98 Å². The molecule has 1 aliphatic rings. The number of likely N-dealkylation sites (tertiary alicyclic amines) is 1. The largest absolute Gasteiger partial charge is 0.507 e. The molecule has 29 heavy (non-hydrogen) atoms. The van der Waals surface area contributed by atoms with Crippen LogP contribution in [0.15, 0.2) is 42.2 Å². The van der Waals surface area contributed by atoms with Crippen LogP contribution in [-0.2, 0) is 9.59 Å². The first-order valence-corrected chi connectivity index (χ1v) is 9.42. The highest BCUT2D eigenvalue weighted by Gasteiger charge is 2.46. The van der Waals surface area contributed by atoms with E-state index in [1.807, 2.05) is 6.92 Å². The molecule has 0 spiro atoms. The minimum Gasteiger partial charge on any atom is -0.507 e. The average molecular weight is 417 g/mol. The van der Waals surface area contributed by atoms with Gasteiger partial charge in [-0.05, 0) is 24.1 Å². The van der Waals surface area contributed by atoms with Crippen LogP contribution in [0, 0.1) is 0 Å². The molecule has 3 rings (SSSR count). The number of ether oxygens (including phenoxy) is 2. The van der Waals surface area contributed by atoms with Crippen molar-refractivity contribution in [2.75, 3.05) is 20.8 Å². The van der Waals surface area contributed by atoms with Gasteiger partial charge in [0.15, 0.2) is 0 Å². The Bertz CT molecular complexity index is 975. The highest BCUT2D eigenvalue weighted by Crippen LogP contribution is 2.42. The van der Waals surface area contributed by atoms with Crippen LogP contribution >= 0.6 is 11.6 Å². The lowest BCUT2D eigenvalue weighted by atomic mass is 9.96. The van der Waals surface area contributed by atoms with E-state index in [0.717, 1.165) is 0 Å². The number of Topliss-reactive ketones (excluding diaryl/α,β-unsaturated/α-hetero) is 1. The molecule has 1 unspecified atom stereocenters. The van der Waals surface area contributed by atoms with Crippen molar-refractivity contribution >= 4 is 29.1 Å². The summed E-state index contributed by atoms with van der Waals surface area (Å²) >= 11 is 6.22. The summed E-state index contributed by atoms with van der Waals surface area (Å²) in [6.45, 7) is 2.27. The summed E-state index contributed by atoms with van der Waals surface area (Å²) in [6.07, 6.45) is 3.83. The first-order valence-electron chi connectivity index (χ1n) is 9.04. The number of benzene rings is 1. The van der Waals surface area contributed by atoms with Gasteiger partial charge in [0, 0.05) is 25.0 Å². The molecule has 1 N–H and O–H groups in total. The summed E-state index contributed by atoms with van der Waals surface area (Å²) < 4.78 is 10.5. The molecule has 8 heteroatoms. The lowest BCUT2D eigenvalue weighted by molar-refractivity contribution is -0.139. The zero-order valence-electron chi connectivity index (χ0n) is 16.3. The van der Waals surface area contributed by atoms with Gasteiger partial charge >= 0.3 is 0 Å². The van der Waals surface area contributed by atoms with Crippen LogP contribution in [0.3, 0.4) is 0 Å². The van der Waals surface area contributed by atoms with Gasteiger partial charge in [-0.1, -0.05) is 24.6 Å². The minimum atomic E-state index is -0.765. The van der Waals surface area contributed by atoms with Gasteiger partial charge in [0.1, 0.15) is 17.3 Å². The van der Waals surface area contributed by atoms with Crippen molar-refractivity contribution in [2.24, 2.45) is 0 Å². The van der Waals surface area contributed by atoms with Gasteiger partial charge in [-0.2, -0.15) is 0 Å². The molecule has 7 nitrogen and oxygen atoms in total. The van der Waals surface area contributed by atoms with Crippen molar-refractivity contribution in [3.05, 3.63) is 58.4 Å². The predicted molar refractivity (Wildman–Crippen MR) is 108 cm³/mol. The Labute approximate surface area is 173 Å². The fourth-order valence-corrected chi connectivity index (χ4v) is 3.67. The van der Waals surface area contributed by atoms with E-state index < -0.39 is 17.7 Å². The Morgan fingerprint density at radius 1 is 1.24 bits per heavy atom. The number of nitrogens with zero attached hydrogens (tertiary/aromatic N) is 2. The number of halogens is 1. The molecule has 1 saturated heterocycles. The third-order valence-electron chi connectivity index (χ3n) is 4.73. The fourth-order valence-electron chi connectivity index (χ4n) is 3.43. The van der Waals surface area contributed by atoms with Crippen LogP contribution in [0.1, 0.15) is 30.5 Å². The molecule has 1 aromatic carbocycles. The number of amides is 1. The van der Waals surface area contributed by atoms with Gasteiger partial charge in [-0.25, -0.2) is 0 Å². The molecule has 2 aromatic rings. The Hall–Kier alpha value is -3.06. The molecule has 1 amide bonds. The quantitative estimate of drug-likeness (QED) is 0.440. The molecule has 0 aliphatic carbocycles. The Balaban J connectivity index is 2.25. The Morgan fingerprint density at radius 2 is 1.97 bits per heavy atom. The van der Waals surface area contributed by atoms with Crippen LogP contribution in [-0.4, -0.2) is 47.4 Å². The summed E-state index contributed by atoms with van der Waals surface area (Å²) in [4.78, 5) is 31.1. The molecule has 0 saturated carbocycles. The number of ketones is 1. The number of rotatable bonds is 6. The van der Waals surface area contributed by atoms with E-state index >= 15 is 0 Å². The maximum atomic E-state index is 12.9. The average Bonchev–Trinajstić information content (AvgIpc) is 2.99. The highest BCUT2D eigenvalue weighted by molar-refractivity contribution is 6.46. The number of methoxy groups -OCH3 is 2. The second-order valence-corrected chi connectivity index (χ2v) is 6.87. The zero-order chi connectivity index (χ0) is 21.1. The van der Waals surface area contributed by atoms with Crippen LogP contribution in [0.2, 0.25) is 5.02 Å². The molecule has 0 bridgehead atoms. The zero-order valence-corrected chi connectivity index (χ0v) is 17.1. The first kappa shape index (κ1) is 20.7. The maximum absolute atomic E-state index is 12.9. The number of aromatic nitrogens is 1. The molecule has 2 heterocycles. The number of carbonyl (C=O) groups excluding carboxylic acids is 2. The normalized spacial score (nSPS) is 18.2.